The molecule has 102 valence electrons. The van der Waals surface area contributed by atoms with Crippen molar-refractivity contribution >= 4 is 23.3 Å². The lowest BCUT2D eigenvalue weighted by atomic mass is 10.1. The van der Waals surface area contributed by atoms with E-state index in [0.29, 0.717) is 10.9 Å². The SMILES string of the molecule is Cl.O=c1c2cc(F)ccc2ncn1[C@@H]1CCCNC1. The Morgan fingerprint density at radius 3 is 3.00 bits per heavy atom. The van der Waals surface area contributed by atoms with E-state index in [2.05, 4.69) is 10.3 Å². The summed E-state index contributed by atoms with van der Waals surface area (Å²) in [5.41, 5.74) is 0.384. The van der Waals surface area contributed by atoms with E-state index in [0.717, 1.165) is 25.9 Å². The van der Waals surface area contributed by atoms with E-state index >= 15 is 0 Å². The van der Waals surface area contributed by atoms with Crippen LogP contribution in [0.25, 0.3) is 10.9 Å². The van der Waals surface area contributed by atoms with Crippen LogP contribution in [0.2, 0.25) is 0 Å². The zero-order chi connectivity index (χ0) is 12.5. The Kier molecular flexibility index (Phi) is 4.17. The van der Waals surface area contributed by atoms with Crippen LogP contribution in [0.4, 0.5) is 4.39 Å². The molecule has 2 heterocycles. The van der Waals surface area contributed by atoms with E-state index in [1.165, 1.54) is 18.2 Å². The summed E-state index contributed by atoms with van der Waals surface area (Å²) in [6.07, 6.45) is 3.56. The lowest BCUT2D eigenvalue weighted by Gasteiger charge is -2.24. The van der Waals surface area contributed by atoms with Crippen molar-refractivity contribution in [3.8, 4) is 0 Å². The monoisotopic (exact) mass is 283 g/mol. The van der Waals surface area contributed by atoms with Gasteiger partial charge in [0.2, 0.25) is 0 Å². The molecule has 1 aliphatic rings. The molecular formula is C13H15ClFN3O. The van der Waals surface area contributed by atoms with Gasteiger partial charge in [-0.3, -0.25) is 9.36 Å². The van der Waals surface area contributed by atoms with Crippen LogP contribution in [-0.2, 0) is 0 Å². The average molecular weight is 284 g/mol. The number of nitrogens with zero attached hydrogens (tertiary/aromatic N) is 2. The maximum Gasteiger partial charge on any atom is 0.261 e. The molecule has 1 atom stereocenters. The van der Waals surface area contributed by atoms with Gasteiger partial charge in [0.15, 0.2) is 0 Å². The Labute approximate surface area is 116 Å². The van der Waals surface area contributed by atoms with E-state index in [-0.39, 0.29) is 24.0 Å². The third-order valence-electron chi connectivity index (χ3n) is 3.41. The molecule has 1 aromatic heterocycles. The summed E-state index contributed by atoms with van der Waals surface area (Å²) >= 11 is 0. The first kappa shape index (κ1) is 14.0. The van der Waals surface area contributed by atoms with Gasteiger partial charge in [-0.05, 0) is 37.6 Å². The van der Waals surface area contributed by atoms with Crippen LogP contribution in [0.3, 0.4) is 0 Å². The zero-order valence-electron chi connectivity index (χ0n) is 10.3. The molecule has 0 spiro atoms. The van der Waals surface area contributed by atoms with Gasteiger partial charge in [0.05, 0.1) is 23.3 Å². The fourth-order valence-corrected chi connectivity index (χ4v) is 2.44. The van der Waals surface area contributed by atoms with Crippen molar-refractivity contribution in [1.29, 1.82) is 0 Å². The number of piperidine rings is 1. The van der Waals surface area contributed by atoms with Gasteiger partial charge in [0.1, 0.15) is 5.82 Å². The Balaban J connectivity index is 0.00000133. The highest BCUT2D eigenvalue weighted by Gasteiger charge is 2.17. The number of halogens is 2. The first-order chi connectivity index (χ1) is 8.75. The number of fused-ring (bicyclic) bond motifs is 1. The first-order valence-electron chi connectivity index (χ1n) is 6.13. The van der Waals surface area contributed by atoms with E-state index in [1.54, 1.807) is 10.9 Å². The van der Waals surface area contributed by atoms with E-state index in [1.807, 2.05) is 0 Å². The minimum atomic E-state index is -0.402. The maximum absolute atomic E-state index is 13.2. The molecule has 0 saturated carbocycles. The van der Waals surface area contributed by atoms with E-state index in [9.17, 15) is 9.18 Å². The summed E-state index contributed by atoms with van der Waals surface area (Å²) in [5.74, 6) is -0.402. The van der Waals surface area contributed by atoms with Gasteiger partial charge >= 0.3 is 0 Å². The van der Waals surface area contributed by atoms with Gasteiger partial charge < -0.3 is 5.32 Å². The summed E-state index contributed by atoms with van der Waals surface area (Å²) in [7, 11) is 0. The number of hydrogen-bond donors (Lipinski definition) is 1. The standard InChI is InChI=1S/C13H14FN3O.ClH/c14-9-3-4-12-11(6-9)13(18)17(8-16-12)10-2-1-5-15-7-10;/h3-4,6,8,10,15H,1-2,5,7H2;1H/t10-;/m1./s1. The van der Waals surface area contributed by atoms with Crippen LogP contribution in [0, 0.1) is 5.82 Å². The van der Waals surface area contributed by atoms with Crippen molar-refractivity contribution in [2.24, 2.45) is 0 Å². The fourth-order valence-electron chi connectivity index (χ4n) is 2.44. The van der Waals surface area contributed by atoms with Gasteiger partial charge in [0.25, 0.3) is 5.56 Å². The molecule has 0 radical (unpaired) electrons. The first-order valence-corrected chi connectivity index (χ1v) is 6.13. The minimum absolute atomic E-state index is 0. The molecule has 0 aliphatic carbocycles. The lowest BCUT2D eigenvalue weighted by molar-refractivity contribution is 0.363. The third-order valence-corrected chi connectivity index (χ3v) is 3.41. The molecule has 0 amide bonds. The summed E-state index contributed by atoms with van der Waals surface area (Å²) in [5, 5.41) is 3.61. The quantitative estimate of drug-likeness (QED) is 0.869. The normalized spacial score (nSPS) is 19.1. The molecule has 6 heteroatoms. The smallest absolute Gasteiger partial charge is 0.261 e. The van der Waals surface area contributed by atoms with Crippen LogP contribution in [0.15, 0.2) is 29.3 Å². The third kappa shape index (κ3) is 2.62. The molecule has 1 fully saturated rings. The number of hydrogen-bond acceptors (Lipinski definition) is 3. The van der Waals surface area contributed by atoms with Gasteiger partial charge in [-0.1, -0.05) is 0 Å². The van der Waals surface area contributed by atoms with Crippen molar-refractivity contribution in [3.05, 3.63) is 40.7 Å². The Morgan fingerprint density at radius 2 is 2.26 bits per heavy atom. The van der Waals surface area contributed by atoms with Crippen LogP contribution < -0.4 is 10.9 Å². The summed E-state index contributed by atoms with van der Waals surface area (Å²) in [4.78, 5) is 16.5. The van der Waals surface area contributed by atoms with Crippen molar-refractivity contribution in [2.75, 3.05) is 13.1 Å². The van der Waals surface area contributed by atoms with Gasteiger partial charge in [0, 0.05) is 6.54 Å². The predicted octanol–water partition coefficient (Wildman–Crippen LogP) is 1.88. The maximum atomic E-state index is 13.2. The highest BCUT2D eigenvalue weighted by atomic mass is 35.5. The fraction of sp³-hybridized carbons (Fsp3) is 0.385. The molecule has 1 aliphatic heterocycles. The van der Waals surface area contributed by atoms with Crippen molar-refractivity contribution < 1.29 is 4.39 Å². The summed E-state index contributed by atoms with van der Waals surface area (Å²) in [6, 6.07) is 4.24. The van der Waals surface area contributed by atoms with Crippen LogP contribution in [0.1, 0.15) is 18.9 Å². The molecule has 1 saturated heterocycles. The summed E-state index contributed by atoms with van der Waals surface area (Å²) < 4.78 is 14.8. The van der Waals surface area contributed by atoms with E-state index < -0.39 is 5.82 Å². The van der Waals surface area contributed by atoms with Crippen molar-refractivity contribution in [2.45, 2.75) is 18.9 Å². The van der Waals surface area contributed by atoms with Crippen LogP contribution in [-0.4, -0.2) is 22.6 Å². The van der Waals surface area contributed by atoms with Gasteiger partial charge in [-0.2, -0.15) is 0 Å². The molecule has 0 bridgehead atoms. The zero-order valence-corrected chi connectivity index (χ0v) is 11.1. The molecule has 4 nitrogen and oxygen atoms in total. The van der Waals surface area contributed by atoms with E-state index in [4.69, 9.17) is 0 Å². The molecule has 19 heavy (non-hydrogen) atoms. The lowest BCUT2D eigenvalue weighted by Crippen LogP contribution is -2.36. The van der Waals surface area contributed by atoms with Gasteiger partial charge in [-0.25, -0.2) is 9.37 Å². The predicted molar refractivity (Wildman–Crippen MR) is 74.3 cm³/mol. The highest BCUT2D eigenvalue weighted by Crippen LogP contribution is 2.16. The Morgan fingerprint density at radius 1 is 1.42 bits per heavy atom. The number of benzene rings is 1. The highest BCUT2D eigenvalue weighted by molar-refractivity contribution is 5.85. The van der Waals surface area contributed by atoms with Gasteiger partial charge in [-0.15, -0.1) is 12.4 Å². The molecular weight excluding hydrogens is 269 g/mol. The Hall–Kier alpha value is -1.46. The second-order valence-corrected chi connectivity index (χ2v) is 4.62. The van der Waals surface area contributed by atoms with Crippen LogP contribution in [0.5, 0.6) is 0 Å². The van der Waals surface area contributed by atoms with Crippen molar-refractivity contribution in [3.63, 3.8) is 0 Å². The Bertz CT molecular complexity index is 637. The second-order valence-electron chi connectivity index (χ2n) is 4.62. The number of aromatic nitrogens is 2. The van der Waals surface area contributed by atoms with Crippen LogP contribution >= 0.6 is 12.4 Å². The molecule has 0 unspecified atom stereocenters. The largest absolute Gasteiger partial charge is 0.315 e. The molecule has 1 N–H and O–H groups in total. The molecule has 3 rings (SSSR count). The second kappa shape index (κ2) is 5.67. The molecule has 2 aromatic rings. The summed E-state index contributed by atoms with van der Waals surface area (Å²) in [6.45, 7) is 1.75. The number of rotatable bonds is 1. The molecule has 1 aromatic carbocycles. The van der Waals surface area contributed by atoms with Crippen molar-refractivity contribution in [1.82, 2.24) is 14.9 Å². The minimum Gasteiger partial charge on any atom is -0.315 e. The number of nitrogens with one attached hydrogen (secondary N) is 1. The topological polar surface area (TPSA) is 46.9 Å². The average Bonchev–Trinajstić information content (AvgIpc) is 2.41.